The fourth-order valence-electron chi connectivity index (χ4n) is 4.17. The zero-order valence-electron chi connectivity index (χ0n) is 20.5. The van der Waals surface area contributed by atoms with E-state index in [0.29, 0.717) is 40.5 Å². The highest BCUT2D eigenvalue weighted by Gasteiger charge is 2.18. The lowest BCUT2D eigenvalue weighted by Gasteiger charge is -2.16. The molecule has 5 aromatic rings. The molecule has 2 aromatic heterocycles. The van der Waals surface area contributed by atoms with Crippen molar-refractivity contribution in [2.24, 2.45) is 0 Å². The number of benzene rings is 3. The molecule has 0 saturated carbocycles. The van der Waals surface area contributed by atoms with E-state index in [9.17, 15) is 14.7 Å². The number of aliphatic hydroxyl groups excluding tert-OH is 1. The lowest BCUT2D eigenvalue weighted by atomic mass is 10.1. The number of nitrogens with zero attached hydrogens (tertiary/aromatic N) is 4. The zero-order chi connectivity index (χ0) is 25.9. The van der Waals surface area contributed by atoms with Crippen LogP contribution in [-0.2, 0) is 6.54 Å². The second kappa shape index (κ2) is 10.2. The lowest BCUT2D eigenvalue weighted by Crippen LogP contribution is -2.34. The number of aromatic nitrogens is 4. The minimum absolute atomic E-state index is 0.000575. The first-order chi connectivity index (χ1) is 18.0. The van der Waals surface area contributed by atoms with E-state index in [-0.39, 0.29) is 18.9 Å². The predicted octanol–water partition coefficient (Wildman–Crippen LogP) is 3.75. The fourth-order valence-corrected chi connectivity index (χ4v) is 4.17. The van der Waals surface area contributed by atoms with E-state index in [0.717, 1.165) is 10.9 Å². The van der Waals surface area contributed by atoms with Crippen molar-refractivity contribution in [2.45, 2.75) is 26.0 Å². The van der Waals surface area contributed by atoms with Gasteiger partial charge in [0.05, 0.1) is 19.2 Å². The topological polar surface area (TPSA) is 108 Å². The summed E-state index contributed by atoms with van der Waals surface area (Å²) in [5.41, 5.74) is 2.02. The summed E-state index contributed by atoms with van der Waals surface area (Å²) in [4.78, 5) is 29.9. The molecular weight excluding hydrogens is 472 g/mol. The van der Waals surface area contributed by atoms with Gasteiger partial charge in [-0.05, 0) is 60.7 Å². The molecule has 0 bridgehead atoms. The molecule has 188 valence electrons. The summed E-state index contributed by atoms with van der Waals surface area (Å²) in [6.45, 7) is 1.78. The number of Topliss-reactive ketones (excluding diaryl/α,β-unsaturated/α-hetero) is 1. The van der Waals surface area contributed by atoms with Gasteiger partial charge in [-0.1, -0.05) is 19.1 Å². The van der Waals surface area contributed by atoms with E-state index in [1.54, 1.807) is 31.4 Å². The Labute approximate surface area is 212 Å². The molecule has 0 unspecified atom stereocenters. The number of carbonyl (C=O) groups excluding carboxylic acids is 1. The normalized spacial score (nSPS) is 12.1. The second-order valence-corrected chi connectivity index (χ2v) is 8.58. The first-order valence-electron chi connectivity index (χ1n) is 12.0. The van der Waals surface area contributed by atoms with E-state index < -0.39 is 11.8 Å². The fraction of sp³-hybridized carbons (Fsp3) is 0.214. The molecule has 1 atom stereocenters. The van der Waals surface area contributed by atoms with Crippen LogP contribution in [0.3, 0.4) is 0 Å². The van der Waals surface area contributed by atoms with E-state index in [1.165, 1.54) is 9.08 Å². The molecule has 5 rings (SSSR count). The maximum Gasteiger partial charge on any atom is 0.351 e. The Hall–Kier alpha value is -4.50. The first-order valence-corrected chi connectivity index (χ1v) is 12.0. The zero-order valence-corrected chi connectivity index (χ0v) is 20.5. The molecule has 0 aliphatic rings. The van der Waals surface area contributed by atoms with Gasteiger partial charge >= 0.3 is 5.69 Å². The van der Waals surface area contributed by atoms with Gasteiger partial charge in [-0.25, -0.2) is 9.78 Å². The first kappa shape index (κ1) is 24.2. The molecule has 0 spiro atoms. The summed E-state index contributed by atoms with van der Waals surface area (Å²) in [6, 6.07) is 21.5. The summed E-state index contributed by atoms with van der Waals surface area (Å²) >= 11 is 0. The third-order valence-electron chi connectivity index (χ3n) is 6.14. The van der Waals surface area contributed by atoms with Gasteiger partial charge < -0.3 is 14.6 Å². The van der Waals surface area contributed by atoms with Crippen LogP contribution in [0, 0.1) is 0 Å². The molecular formula is C28H26N4O5. The van der Waals surface area contributed by atoms with Crippen LogP contribution in [0.1, 0.15) is 23.7 Å². The predicted molar refractivity (Wildman–Crippen MR) is 139 cm³/mol. The Morgan fingerprint density at radius 2 is 1.70 bits per heavy atom. The van der Waals surface area contributed by atoms with Gasteiger partial charge in [0.15, 0.2) is 17.3 Å². The number of hydrogen-bond acceptors (Lipinski definition) is 7. The van der Waals surface area contributed by atoms with Gasteiger partial charge in [-0.3, -0.25) is 9.36 Å². The average Bonchev–Trinajstić information content (AvgIpc) is 3.40. The van der Waals surface area contributed by atoms with E-state index >= 15 is 0 Å². The number of methoxy groups -OCH3 is 1. The Balaban J connectivity index is 1.42. The molecule has 0 saturated heterocycles. The maximum absolute atomic E-state index is 13.4. The average molecular weight is 499 g/mol. The molecule has 0 amide bonds. The van der Waals surface area contributed by atoms with Crippen molar-refractivity contribution >= 4 is 22.3 Å². The van der Waals surface area contributed by atoms with E-state index in [2.05, 4.69) is 10.1 Å². The molecule has 1 N–H and O–H groups in total. The van der Waals surface area contributed by atoms with Crippen molar-refractivity contribution in [3.8, 4) is 22.9 Å². The number of hydrogen-bond donors (Lipinski definition) is 1. The third-order valence-corrected chi connectivity index (χ3v) is 6.14. The van der Waals surface area contributed by atoms with Gasteiger partial charge in [0.25, 0.3) is 0 Å². The number of para-hydroxylation sites is 1. The molecule has 0 aliphatic carbocycles. The summed E-state index contributed by atoms with van der Waals surface area (Å²) in [5.74, 6) is 1.70. The maximum atomic E-state index is 13.4. The van der Waals surface area contributed by atoms with Crippen LogP contribution >= 0.6 is 0 Å². The number of ether oxygens (including phenoxy) is 2. The van der Waals surface area contributed by atoms with Crippen LogP contribution in [0.15, 0.2) is 77.6 Å². The number of rotatable bonds is 9. The van der Waals surface area contributed by atoms with Crippen molar-refractivity contribution < 1.29 is 19.4 Å². The number of ketones is 1. The largest absolute Gasteiger partial charge is 0.497 e. The molecule has 3 aromatic carbocycles. The van der Waals surface area contributed by atoms with Crippen molar-refractivity contribution in [3.05, 3.63) is 88.8 Å². The third kappa shape index (κ3) is 4.81. The molecule has 37 heavy (non-hydrogen) atoms. The second-order valence-electron chi connectivity index (χ2n) is 8.58. The summed E-state index contributed by atoms with van der Waals surface area (Å²) < 4.78 is 13.7. The van der Waals surface area contributed by atoms with Crippen LogP contribution in [0.2, 0.25) is 0 Å². The molecule has 0 fully saturated rings. The Morgan fingerprint density at radius 3 is 2.41 bits per heavy atom. The van der Waals surface area contributed by atoms with Crippen molar-refractivity contribution in [3.63, 3.8) is 0 Å². The van der Waals surface area contributed by atoms with Crippen molar-refractivity contribution in [2.75, 3.05) is 13.7 Å². The molecule has 2 heterocycles. The van der Waals surface area contributed by atoms with Crippen LogP contribution in [-0.4, -0.2) is 49.9 Å². The highest BCUT2D eigenvalue weighted by molar-refractivity contribution is 5.96. The molecule has 9 heteroatoms. The van der Waals surface area contributed by atoms with Crippen molar-refractivity contribution in [1.82, 2.24) is 19.2 Å². The summed E-state index contributed by atoms with van der Waals surface area (Å²) in [6.07, 6.45) is -0.542. The molecule has 9 nitrogen and oxygen atoms in total. The van der Waals surface area contributed by atoms with Gasteiger partial charge in [0, 0.05) is 22.9 Å². The van der Waals surface area contributed by atoms with E-state index in [4.69, 9.17) is 9.47 Å². The monoisotopic (exact) mass is 498 g/mol. The van der Waals surface area contributed by atoms with Crippen LogP contribution in [0.5, 0.6) is 11.5 Å². The van der Waals surface area contributed by atoms with Gasteiger partial charge in [-0.15, -0.1) is 5.10 Å². The highest BCUT2D eigenvalue weighted by atomic mass is 16.5. The van der Waals surface area contributed by atoms with Crippen LogP contribution in [0.25, 0.3) is 27.9 Å². The minimum Gasteiger partial charge on any atom is -0.497 e. The lowest BCUT2D eigenvalue weighted by molar-refractivity contribution is 0.0921. The van der Waals surface area contributed by atoms with Gasteiger partial charge in [0.2, 0.25) is 0 Å². The Kier molecular flexibility index (Phi) is 6.70. The smallest absolute Gasteiger partial charge is 0.351 e. The van der Waals surface area contributed by atoms with Gasteiger partial charge in [-0.2, -0.15) is 4.52 Å². The standard InChI is InChI=1S/C28H26N4O5/c1-3-25(34)18-8-14-22(15-9-18)37-17-20(33)16-31-24-7-5-4-6-23(24)27-29-26(30-32(27)28(31)35)19-10-12-21(36-2)13-11-19/h4-15,20,33H,3,16-17H2,1-2H3/t20-/m1/s1. The molecule has 0 aliphatic heterocycles. The van der Waals surface area contributed by atoms with E-state index in [1.807, 2.05) is 55.5 Å². The number of carbonyl (C=O) groups is 1. The number of aliphatic hydroxyl groups is 1. The SMILES string of the molecule is CCC(=O)c1ccc(OC[C@H](O)Cn2c(=O)n3nc(-c4ccc(OC)cc4)nc3c3ccccc32)cc1. The quantitative estimate of drug-likeness (QED) is 0.308. The Morgan fingerprint density at radius 1 is 1.00 bits per heavy atom. The van der Waals surface area contributed by atoms with Crippen LogP contribution < -0.4 is 15.2 Å². The minimum atomic E-state index is -0.972. The van der Waals surface area contributed by atoms with Crippen LogP contribution in [0.4, 0.5) is 0 Å². The molecule has 0 radical (unpaired) electrons. The number of fused-ring (bicyclic) bond motifs is 3. The van der Waals surface area contributed by atoms with Gasteiger partial charge in [0.1, 0.15) is 24.2 Å². The highest BCUT2D eigenvalue weighted by Crippen LogP contribution is 2.23. The van der Waals surface area contributed by atoms with Crippen molar-refractivity contribution in [1.29, 1.82) is 0 Å². The summed E-state index contributed by atoms with van der Waals surface area (Å²) in [7, 11) is 1.59. The summed E-state index contributed by atoms with van der Waals surface area (Å²) in [5, 5.41) is 15.9. The Bertz CT molecular complexity index is 1620.